The first-order chi connectivity index (χ1) is 9.36. The molecule has 19 heavy (non-hydrogen) atoms. The molecule has 1 aromatic carbocycles. The molecule has 0 bridgehead atoms. The predicted octanol–water partition coefficient (Wildman–Crippen LogP) is 2.91. The van der Waals surface area contributed by atoms with Crippen LogP contribution in [-0.2, 0) is 4.74 Å². The van der Waals surface area contributed by atoms with E-state index in [9.17, 15) is 0 Å². The molecule has 1 N–H and O–H groups in total. The number of methoxy groups -OCH3 is 1. The molecule has 0 aliphatic carbocycles. The van der Waals surface area contributed by atoms with Crippen molar-refractivity contribution in [3.05, 3.63) is 30.5 Å². The number of pyridine rings is 1. The summed E-state index contributed by atoms with van der Waals surface area (Å²) in [4.78, 5) is 4.35. The third-order valence-electron chi connectivity index (χ3n) is 2.75. The van der Waals surface area contributed by atoms with Gasteiger partial charge >= 0.3 is 0 Å². The van der Waals surface area contributed by atoms with Gasteiger partial charge in [0.25, 0.3) is 0 Å². The van der Waals surface area contributed by atoms with Crippen LogP contribution in [0.15, 0.2) is 30.5 Å². The molecule has 0 saturated heterocycles. The van der Waals surface area contributed by atoms with Crippen LogP contribution in [0.4, 0.5) is 5.82 Å². The fourth-order valence-electron chi connectivity index (χ4n) is 1.90. The molecule has 0 spiro atoms. The Hall–Kier alpha value is -1.52. The molecular formula is C14H17ClN2O2. The van der Waals surface area contributed by atoms with Gasteiger partial charge in [0.2, 0.25) is 0 Å². The largest absolute Gasteiger partial charge is 0.496 e. The molecule has 0 unspecified atom stereocenters. The van der Waals surface area contributed by atoms with Crippen LogP contribution < -0.4 is 10.1 Å². The van der Waals surface area contributed by atoms with Crippen LogP contribution in [0.3, 0.4) is 0 Å². The Morgan fingerprint density at radius 2 is 2.11 bits per heavy atom. The van der Waals surface area contributed by atoms with Gasteiger partial charge in [0, 0.05) is 29.4 Å². The van der Waals surface area contributed by atoms with E-state index in [-0.39, 0.29) is 0 Å². The van der Waals surface area contributed by atoms with E-state index < -0.39 is 0 Å². The first-order valence-corrected chi connectivity index (χ1v) is 6.69. The fraction of sp³-hybridized carbons (Fsp3) is 0.357. The SMILES string of the molecule is COc1cccc2c(NCCOCCCl)nccc12. The van der Waals surface area contributed by atoms with E-state index in [4.69, 9.17) is 21.1 Å². The van der Waals surface area contributed by atoms with Crippen molar-refractivity contribution in [3.8, 4) is 5.75 Å². The third kappa shape index (κ3) is 3.49. The number of hydrogen-bond donors (Lipinski definition) is 1. The van der Waals surface area contributed by atoms with Gasteiger partial charge in [0.1, 0.15) is 11.6 Å². The highest BCUT2D eigenvalue weighted by Gasteiger charge is 2.05. The lowest BCUT2D eigenvalue weighted by Crippen LogP contribution is -2.11. The van der Waals surface area contributed by atoms with Gasteiger partial charge < -0.3 is 14.8 Å². The topological polar surface area (TPSA) is 43.4 Å². The number of ether oxygens (including phenoxy) is 2. The van der Waals surface area contributed by atoms with Gasteiger partial charge in [-0.05, 0) is 12.1 Å². The number of nitrogens with zero attached hydrogens (tertiary/aromatic N) is 1. The molecular weight excluding hydrogens is 264 g/mol. The van der Waals surface area contributed by atoms with Crippen molar-refractivity contribution >= 4 is 28.2 Å². The number of anilines is 1. The summed E-state index contributed by atoms with van der Waals surface area (Å²) in [6, 6.07) is 7.86. The summed E-state index contributed by atoms with van der Waals surface area (Å²) in [6.07, 6.45) is 1.77. The Bertz CT molecular complexity index is 534. The summed E-state index contributed by atoms with van der Waals surface area (Å²) < 4.78 is 10.7. The predicted molar refractivity (Wildman–Crippen MR) is 78.3 cm³/mol. The maximum atomic E-state index is 5.54. The van der Waals surface area contributed by atoms with Crippen molar-refractivity contribution in [3.63, 3.8) is 0 Å². The minimum Gasteiger partial charge on any atom is -0.496 e. The van der Waals surface area contributed by atoms with Gasteiger partial charge in [-0.3, -0.25) is 0 Å². The van der Waals surface area contributed by atoms with E-state index in [1.165, 1.54) is 0 Å². The number of aromatic nitrogens is 1. The maximum absolute atomic E-state index is 5.54. The number of nitrogens with one attached hydrogen (secondary N) is 1. The molecule has 0 saturated carbocycles. The molecule has 0 aliphatic heterocycles. The lowest BCUT2D eigenvalue weighted by molar-refractivity contribution is 0.160. The molecule has 0 fully saturated rings. The molecule has 0 atom stereocenters. The first kappa shape index (κ1) is 13.9. The third-order valence-corrected chi connectivity index (χ3v) is 2.90. The van der Waals surface area contributed by atoms with Crippen LogP contribution in [0.5, 0.6) is 5.75 Å². The van der Waals surface area contributed by atoms with Crippen LogP contribution in [0, 0.1) is 0 Å². The number of benzene rings is 1. The van der Waals surface area contributed by atoms with Gasteiger partial charge in [-0.15, -0.1) is 11.6 Å². The lowest BCUT2D eigenvalue weighted by Gasteiger charge is -2.10. The zero-order valence-corrected chi connectivity index (χ0v) is 11.6. The smallest absolute Gasteiger partial charge is 0.134 e. The van der Waals surface area contributed by atoms with Gasteiger partial charge in [-0.2, -0.15) is 0 Å². The minimum atomic E-state index is 0.518. The molecule has 0 amide bonds. The lowest BCUT2D eigenvalue weighted by atomic mass is 10.1. The summed E-state index contributed by atoms with van der Waals surface area (Å²) >= 11 is 5.54. The molecule has 1 aromatic heterocycles. The second-order valence-corrected chi connectivity index (χ2v) is 4.32. The van der Waals surface area contributed by atoms with E-state index in [1.54, 1.807) is 13.3 Å². The van der Waals surface area contributed by atoms with E-state index >= 15 is 0 Å². The van der Waals surface area contributed by atoms with Crippen molar-refractivity contribution < 1.29 is 9.47 Å². The minimum absolute atomic E-state index is 0.518. The molecule has 2 aromatic rings. The monoisotopic (exact) mass is 280 g/mol. The summed E-state index contributed by atoms with van der Waals surface area (Å²) in [7, 11) is 1.67. The van der Waals surface area contributed by atoms with Gasteiger partial charge in [0.15, 0.2) is 0 Å². The summed E-state index contributed by atoms with van der Waals surface area (Å²) in [5, 5.41) is 5.35. The van der Waals surface area contributed by atoms with Crippen LogP contribution in [0.2, 0.25) is 0 Å². The Labute approximate surface area is 117 Å². The molecule has 5 heteroatoms. The molecule has 1 heterocycles. The summed E-state index contributed by atoms with van der Waals surface area (Å²) in [6.45, 7) is 1.87. The van der Waals surface area contributed by atoms with E-state index in [2.05, 4.69) is 10.3 Å². The second kappa shape index (κ2) is 7.16. The number of rotatable bonds is 7. The normalized spacial score (nSPS) is 10.6. The summed E-state index contributed by atoms with van der Waals surface area (Å²) in [5.41, 5.74) is 0. The van der Waals surface area contributed by atoms with Gasteiger partial charge in [-0.1, -0.05) is 12.1 Å². The van der Waals surface area contributed by atoms with Crippen molar-refractivity contribution in [2.24, 2.45) is 0 Å². The fourth-order valence-corrected chi connectivity index (χ4v) is 2.00. The van der Waals surface area contributed by atoms with Crippen molar-refractivity contribution in [1.82, 2.24) is 4.98 Å². The van der Waals surface area contributed by atoms with E-state index in [0.717, 1.165) is 22.3 Å². The average molecular weight is 281 g/mol. The van der Waals surface area contributed by atoms with Crippen LogP contribution in [0.1, 0.15) is 0 Å². The van der Waals surface area contributed by atoms with E-state index in [0.29, 0.717) is 25.6 Å². The molecule has 4 nitrogen and oxygen atoms in total. The number of hydrogen-bond acceptors (Lipinski definition) is 4. The number of alkyl halides is 1. The average Bonchev–Trinajstić information content (AvgIpc) is 2.46. The maximum Gasteiger partial charge on any atom is 0.134 e. The second-order valence-electron chi connectivity index (χ2n) is 3.94. The van der Waals surface area contributed by atoms with Crippen molar-refractivity contribution in [2.45, 2.75) is 0 Å². The Morgan fingerprint density at radius 1 is 1.21 bits per heavy atom. The van der Waals surface area contributed by atoms with Crippen LogP contribution >= 0.6 is 11.6 Å². The van der Waals surface area contributed by atoms with Crippen LogP contribution in [0.25, 0.3) is 10.8 Å². The number of fused-ring (bicyclic) bond motifs is 1. The highest BCUT2D eigenvalue weighted by molar-refractivity contribution is 6.17. The zero-order chi connectivity index (χ0) is 13.5. The van der Waals surface area contributed by atoms with Crippen LogP contribution in [-0.4, -0.2) is 37.7 Å². The Morgan fingerprint density at radius 3 is 2.89 bits per heavy atom. The Kier molecular flexibility index (Phi) is 5.24. The molecule has 0 radical (unpaired) electrons. The highest BCUT2D eigenvalue weighted by Crippen LogP contribution is 2.28. The standard InChI is InChI=1S/C14H17ClN2O2/c1-18-13-4-2-3-12-11(13)5-7-16-14(12)17-8-10-19-9-6-15/h2-5,7H,6,8-10H2,1H3,(H,16,17). The molecule has 2 rings (SSSR count). The quantitative estimate of drug-likeness (QED) is 0.626. The molecule has 102 valence electrons. The summed E-state index contributed by atoms with van der Waals surface area (Å²) in [5.74, 6) is 2.20. The van der Waals surface area contributed by atoms with Crippen molar-refractivity contribution in [2.75, 3.05) is 38.1 Å². The van der Waals surface area contributed by atoms with Crippen molar-refractivity contribution in [1.29, 1.82) is 0 Å². The number of halogens is 1. The first-order valence-electron chi connectivity index (χ1n) is 6.16. The Balaban J connectivity index is 2.10. The van der Waals surface area contributed by atoms with Gasteiger partial charge in [-0.25, -0.2) is 4.98 Å². The zero-order valence-electron chi connectivity index (χ0n) is 10.9. The highest BCUT2D eigenvalue weighted by atomic mass is 35.5. The van der Waals surface area contributed by atoms with Gasteiger partial charge in [0.05, 0.1) is 20.3 Å². The van der Waals surface area contributed by atoms with E-state index in [1.807, 2.05) is 24.3 Å². The molecule has 0 aliphatic rings.